The summed E-state index contributed by atoms with van der Waals surface area (Å²) in [6, 6.07) is 7.24. The molecule has 0 aromatic heterocycles. The Balaban J connectivity index is 2.26. The van der Waals surface area contributed by atoms with Crippen molar-refractivity contribution in [1.82, 2.24) is 0 Å². The Hall–Kier alpha value is -1.22. The summed E-state index contributed by atoms with van der Waals surface area (Å²) in [5.41, 5.74) is 0. The summed E-state index contributed by atoms with van der Waals surface area (Å²) in [6.07, 6.45) is 1.32. The van der Waals surface area contributed by atoms with Crippen LogP contribution in [0.5, 0.6) is 5.75 Å². The maximum Gasteiger partial charge on any atom is 0.306 e. The van der Waals surface area contributed by atoms with Gasteiger partial charge in [-0.25, -0.2) is 0 Å². The number of hydrogen-bond donors (Lipinski definition) is 1. The molecule has 88 valence electrons. The van der Waals surface area contributed by atoms with Gasteiger partial charge in [-0.05, 0) is 25.0 Å². The van der Waals surface area contributed by atoms with Gasteiger partial charge in [-0.3, -0.25) is 4.79 Å². The number of carbonyl (C=O) groups is 1. The van der Waals surface area contributed by atoms with Crippen LogP contribution in [0, 0.1) is 5.92 Å². The number of carboxylic acids is 1. The van der Waals surface area contributed by atoms with Gasteiger partial charge in [0, 0.05) is 0 Å². The molecule has 1 aromatic rings. The average molecular weight is 243 g/mol. The van der Waals surface area contributed by atoms with Crippen molar-refractivity contribution in [2.24, 2.45) is 5.92 Å². The Morgan fingerprint density at radius 2 is 2.19 bits per heavy atom. The van der Waals surface area contributed by atoms with Gasteiger partial charge in [0.15, 0.2) is 0 Å². The first-order valence-corrected chi connectivity index (χ1v) is 5.59. The number of hydrogen-bond acceptors (Lipinski definition) is 2. The fraction of sp³-hybridized carbons (Fsp3) is 0.417. The molecule has 0 saturated heterocycles. The Morgan fingerprint density at radius 3 is 2.81 bits per heavy atom. The van der Waals surface area contributed by atoms with E-state index in [-0.39, 0.29) is 5.92 Å². The van der Waals surface area contributed by atoms with E-state index < -0.39 is 5.97 Å². The molecule has 0 amide bonds. The maximum absolute atomic E-state index is 10.6. The number of ether oxygens (including phenoxy) is 1. The highest BCUT2D eigenvalue weighted by molar-refractivity contribution is 6.32. The summed E-state index contributed by atoms with van der Waals surface area (Å²) < 4.78 is 5.44. The Labute approximate surface area is 100.0 Å². The predicted molar refractivity (Wildman–Crippen MR) is 63.0 cm³/mol. The zero-order valence-electron chi connectivity index (χ0n) is 9.15. The maximum atomic E-state index is 10.6. The van der Waals surface area contributed by atoms with Gasteiger partial charge in [-0.2, -0.15) is 0 Å². The highest BCUT2D eigenvalue weighted by Crippen LogP contribution is 2.23. The molecule has 4 heteroatoms. The molecule has 0 aliphatic heterocycles. The van der Waals surface area contributed by atoms with Crippen LogP contribution < -0.4 is 4.74 Å². The molecule has 0 heterocycles. The molecule has 0 bridgehead atoms. The Bertz CT molecular complexity index is 352. The van der Waals surface area contributed by atoms with Gasteiger partial charge in [-0.1, -0.05) is 30.7 Å². The normalized spacial score (nSPS) is 12.1. The minimum atomic E-state index is -0.766. The van der Waals surface area contributed by atoms with E-state index >= 15 is 0 Å². The fourth-order valence-corrected chi connectivity index (χ4v) is 1.45. The standard InChI is InChI=1S/C12H15ClO3/c1-9(12(14)15)5-4-8-16-11-7-3-2-6-10(11)13/h2-3,6-7,9H,4-5,8H2,1H3,(H,14,15). The Morgan fingerprint density at radius 1 is 1.50 bits per heavy atom. The van der Waals surface area contributed by atoms with Gasteiger partial charge in [0.25, 0.3) is 0 Å². The van der Waals surface area contributed by atoms with Crippen LogP contribution in [-0.4, -0.2) is 17.7 Å². The molecule has 1 N–H and O–H groups in total. The summed E-state index contributed by atoms with van der Waals surface area (Å²) in [7, 11) is 0. The van der Waals surface area contributed by atoms with E-state index in [0.717, 1.165) is 0 Å². The lowest BCUT2D eigenvalue weighted by molar-refractivity contribution is -0.141. The lowest BCUT2D eigenvalue weighted by Crippen LogP contribution is -2.10. The van der Waals surface area contributed by atoms with Crippen LogP contribution >= 0.6 is 11.6 Å². The van der Waals surface area contributed by atoms with E-state index in [1.54, 1.807) is 19.1 Å². The van der Waals surface area contributed by atoms with Crippen LogP contribution in [-0.2, 0) is 4.79 Å². The van der Waals surface area contributed by atoms with Gasteiger partial charge in [0.2, 0.25) is 0 Å². The van der Waals surface area contributed by atoms with Crippen LogP contribution in [0.4, 0.5) is 0 Å². The zero-order chi connectivity index (χ0) is 12.0. The van der Waals surface area contributed by atoms with E-state index in [2.05, 4.69) is 0 Å². The van der Waals surface area contributed by atoms with Crippen molar-refractivity contribution in [3.63, 3.8) is 0 Å². The molecule has 1 atom stereocenters. The largest absolute Gasteiger partial charge is 0.492 e. The van der Waals surface area contributed by atoms with Crippen LogP contribution in [0.15, 0.2) is 24.3 Å². The smallest absolute Gasteiger partial charge is 0.306 e. The van der Waals surface area contributed by atoms with Gasteiger partial charge >= 0.3 is 5.97 Å². The third-order valence-electron chi connectivity index (χ3n) is 2.30. The third-order valence-corrected chi connectivity index (χ3v) is 2.61. The van der Waals surface area contributed by atoms with Crippen molar-refractivity contribution >= 4 is 17.6 Å². The second-order valence-electron chi connectivity index (χ2n) is 3.66. The van der Waals surface area contributed by atoms with E-state index in [4.69, 9.17) is 21.4 Å². The first-order chi connectivity index (χ1) is 7.61. The first kappa shape index (κ1) is 12.8. The van der Waals surface area contributed by atoms with E-state index in [1.165, 1.54) is 0 Å². The van der Waals surface area contributed by atoms with Crippen LogP contribution in [0.2, 0.25) is 5.02 Å². The van der Waals surface area contributed by atoms with Crippen molar-refractivity contribution in [2.75, 3.05) is 6.61 Å². The molecule has 3 nitrogen and oxygen atoms in total. The van der Waals surface area contributed by atoms with Crippen molar-refractivity contribution in [3.8, 4) is 5.75 Å². The number of halogens is 1. The molecule has 1 rings (SSSR count). The van der Waals surface area contributed by atoms with Gasteiger partial charge in [-0.15, -0.1) is 0 Å². The average Bonchev–Trinajstić information content (AvgIpc) is 2.26. The molecular formula is C12H15ClO3. The highest BCUT2D eigenvalue weighted by Gasteiger charge is 2.10. The molecule has 0 fully saturated rings. The van der Waals surface area contributed by atoms with Crippen molar-refractivity contribution in [3.05, 3.63) is 29.3 Å². The van der Waals surface area contributed by atoms with Crippen molar-refractivity contribution in [2.45, 2.75) is 19.8 Å². The van der Waals surface area contributed by atoms with E-state index in [0.29, 0.717) is 30.2 Å². The third kappa shape index (κ3) is 4.11. The predicted octanol–water partition coefficient (Wildman–Crippen LogP) is 3.22. The topological polar surface area (TPSA) is 46.5 Å². The summed E-state index contributed by atoms with van der Waals surface area (Å²) in [4.78, 5) is 10.6. The van der Waals surface area contributed by atoms with Gasteiger partial charge in [0.1, 0.15) is 5.75 Å². The lowest BCUT2D eigenvalue weighted by Gasteiger charge is -2.09. The molecule has 0 radical (unpaired) electrons. The molecule has 0 spiro atoms. The van der Waals surface area contributed by atoms with Crippen LogP contribution in [0.25, 0.3) is 0 Å². The number of rotatable bonds is 6. The van der Waals surface area contributed by atoms with E-state index in [9.17, 15) is 4.79 Å². The van der Waals surface area contributed by atoms with Gasteiger partial charge in [0.05, 0.1) is 17.5 Å². The van der Waals surface area contributed by atoms with Crippen molar-refractivity contribution < 1.29 is 14.6 Å². The molecule has 0 aliphatic rings. The van der Waals surface area contributed by atoms with Gasteiger partial charge < -0.3 is 9.84 Å². The molecule has 1 unspecified atom stereocenters. The monoisotopic (exact) mass is 242 g/mol. The second-order valence-corrected chi connectivity index (χ2v) is 4.07. The first-order valence-electron chi connectivity index (χ1n) is 5.21. The summed E-state index contributed by atoms with van der Waals surface area (Å²) in [5.74, 6) is -0.445. The number of para-hydroxylation sites is 1. The summed E-state index contributed by atoms with van der Waals surface area (Å²) >= 11 is 5.90. The van der Waals surface area contributed by atoms with Crippen LogP contribution in [0.3, 0.4) is 0 Å². The molecule has 0 aliphatic carbocycles. The highest BCUT2D eigenvalue weighted by atomic mass is 35.5. The number of aliphatic carboxylic acids is 1. The number of benzene rings is 1. The molecule has 1 aromatic carbocycles. The molecular weight excluding hydrogens is 228 g/mol. The minimum absolute atomic E-state index is 0.324. The zero-order valence-corrected chi connectivity index (χ0v) is 9.91. The summed E-state index contributed by atoms with van der Waals surface area (Å²) in [5, 5.41) is 9.26. The summed E-state index contributed by atoms with van der Waals surface area (Å²) in [6.45, 7) is 2.18. The van der Waals surface area contributed by atoms with Crippen molar-refractivity contribution in [1.29, 1.82) is 0 Å². The van der Waals surface area contributed by atoms with Crippen LogP contribution in [0.1, 0.15) is 19.8 Å². The second kappa shape index (κ2) is 6.38. The molecule has 16 heavy (non-hydrogen) atoms. The van der Waals surface area contributed by atoms with E-state index in [1.807, 2.05) is 12.1 Å². The minimum Gasteiger partial charge on any atom is -0.492 e. The Kier molecular flexibility index (Phi) is 5.12. The number of carboxylic acid groups (broad SMARTS) is 1. The lowest BCUT2D eigenvalue weighted by atomic mass is 10.1. The molecule has 0 saturated carbocycles. The quantitative estimate of drug-likeness (QED) is 0.779. The SMILES string of the molecule is CC(CCCOc1ccccc1Cl)C(=O)O. The fourth-order valence-electron chi connectivity index (χ4n) is 1.26.